The van der Waals surface area contributed by atoms with E-state index in [2.05, 4.69) is 100 Å². The second-order valence-corrected chi connectivity index (χ2v) is 13.6. The first kappa shape index (κ1) is 26.0. The first-order valence-electron chi connectivity index (χ1n) is 12.1. The van der Waals surface area contributed by atoms with Crippen molar-refractivity contribution in [3.63, 3.8) is 0 Å². The minimum atomic E-state index is -2.25. The Hall–Kier alpha value is -1.60. The molecule has 0 N–H and O–H groups in total. The Balaban J connectivity index is 2.41. The molecule has 0 saturated heterocycles. The van der Waals surface area contributed by atoms with Gasteiger partial charge in [0.1, 0.15) is 11.5 Å². The van der Waals surface area contributed by atoms with E-state index >= 15 is 4.20 Å². The smallest absolute Gasteiger partial charge is 0.315 e. The Kier molecular flexibility index (Phi) is 7.00. The second-order valence-electron chi connectivity index (χ2n) is 12.5. The largest absolute Gasteiger partial charge is 0.482 e. The lowest BCUT2D eigenvalue weighted by molar-refractivity contribution is 0.359. The maximum Gasteiger partial charge on any atom is 0.315 e. The zero-order valence-corrected chi connectivity index (χ0v) is 23.3. The minimum Gasteiger partial charge on any atom is -0.482 e. The van der Waals surface area contributed by atoms with E-state index in [0.29, 0.717) is 5.75 Å². The van der Waals surface area contributed by atoms with Crippen LogP contribution in [0.1, 0.15) is 115 Å². The summed E-state index contributed by atoms with van der Waals surface area (Å²) in [6.45, 7) is 24.3. The van der Waals surface area contributed by atoms with Gasteiger partial charge in [-0.15, -0.1) is 0 Å². The maximum atomic E-state index is 15.2. The molecular formula is C29H42FO2P. The van der Waals surface area contributed by atoms with E-state index < -0.39 is 8.46 Å². The van der Waals surface area contributed by atoms with Crippen molar-refractivity contribution in [2.45, 2.75) is 105 Å². The van der Waals surface area contributed by atoms with Crippen molar-refractivity contribution in [3.8, 4) is 11.5 Å². The molecule has 3 rings (SSSR count). The molecule has 182 valence electrons. The van der Waals surface area contributed by atoms with E-state index in [4.69, 9.17) is 9.26 Å². The van der Waals surface area contributed by atoms with E-state index in [-0.39, 0.29) is 28.5 Å². The highest BCUT2D eigenvalue weighted by Crippen LogP contribution is 2.52. The molecule has 2 nitrogen and oxygen atoms in total. The molecule has 0 amide bonds. The zero-order chi connectivity index (χ0) is 24.9. The zero-order valence-electron chi connectivity index (χ0n) is 22.4. The van der Waals surface area contributed by atoms with Gasteiger partial charge in [0.05, 0.1) is 0 Å². The van der Waals surface area contributed by atoms with Crippen molar-refractivity contribution in [2.24, 2.45) is 0 Å². The molecule has 0 bridgehead atoms. The van der Waals surface area contributed by atoms with Crippen molar-refractivity contribution in [3.05, 3.63) is 57.6 Å². The van der Waals surface area contributed by atoms with Crippen LogP contribution in [0.25, 0.3) is 0 Å². The molecule has 2 unspecified atom stereocenters. The van der Waals surface area contributed by atoms with Crippen molar-refractivity contribution < 1.29 is 13.5 Å². The molecule has 1 aliphatic heterocycles. The van der Waals surface area contributed by atoms with E-state index in [1.165, 1.54) is 11.1 Å². The third kappa shape index (κ3) is 5.40. The lowest BCUT2D eigenvalue weighted by Gasteiger charge is -2.31. The quantitative estimate of drug-likeness (QED) is 0.385. The Morgan fingerprint density at radius 1 is 0.818 bits per heavy atom. The van der Waals surface area contributed by atoms with Crippen molar-refractivity contribution in [2.75, 3.05) is 6.35 Å². The number of aryl methyl sites for hydroxylation is 1. The Morgan fingerprint density at radius 2 is 1.33 bits per heavy atom. The fourth-order valence-electron chi connectivity index (χ4n) is 4.38. The lowest BCUT2D eigenvalue weighted by atomic mass is 9.76. The molecule has 0 radical (unpaired) electrons. The Morgan fingerprint density at radius 3 is 1.82 bits per heavy atom. The standard InChI is InChI=1S/C29H42FO2P/c1-12-19-13-20(27(3,4)5)14-22-18(2)23-15-21(28(6,7)8)16-24(29(9,10)11)26(23)32-33(30)17-31-25(19)22/h13-16,18H,12,17H2,1-11H3. The van der Waals surface area contributed by atoms with E-state index in [0.717, 1.165) is 34.4 Å². The van der Waals surface area contributed by atoms with Crippen molar-refractivity contribution in [1.29, 1.82) is 0 Å². The third-order valence-corrected chi connectivity index (χ3v) is 7.38. The van der Waals surface area contributed by atoms with Gasteiger partial charge in [-0.05, 0) is 39.4 Å². The normalized spacial score (nSPS) is 19.4. The van der Waals surface area contributed by atoms with Crippen LogP contribution < -0.4 is 9.26 Å². The Bertz CT molecular complexity index is 1020. The monoisotopic (exact) mass is 472 g/mol. The highest BCUT2D eigenvalue weighted by Gasteiger charge is 2.33. The number of benzene rings is 2. The average molecular weight is 473 g/mol. The number of halogens is 1. The minimum absolute atomic E-state index is 0.00691. The lowest BCUT2D eigenvalue weighted by Crippen LogP contribution is -2.19. The van der Waals surface area contributed by atoms with Gasteiger partial charge < -0.3 is 9.26 Å². The van der Waals surface area contributed by atoms with Crippen molar-refractivity contribution in [1.82, 2.24) is 0 Å². The highest BCUT2D eigenvalue weighted by molar-refractivity contribution is 7.47. The summed E-state index contributed by atoms with van der Waals surface area (Å²) in [5.41, 5.74) is 6.70. The topological polar surface area (TPSA) is 18.5 Å². The van der Waals surface area contributed by atoms with Gasteiger partial charge in [-0.3, -0.25) is 0 Å². The van der Waals surface area contributed by atoms with Crippen molar-refractivity contribution >= 4 is 8.46 Å². The molecule has 33 heavy (non-hydrogen) atoms. The SMILES string of the molecule is CCc1cc(C(C)(C)C)cc2c1OCP(F)Oc1c(cc(C(C)(C)C)cc1C(C)(C)C)C2C. The second kappa shape index (κ2) is 8.88. The molecule has 0 spiro atoms. The van der Waals surface area contributed by atoms with Gasteiger partial charge in [0.2, 0.25) is 0 Å². The molecule has 1 aliphatic rings. The summed E-state index contributed by atoms with van der Waals surface area (Å²) in [5.74, 6) is 1.54. The summed E-state index contributed by atoms with van der Waals surface area (Å²) in [5, 5.41) is 0. The fraction of sp³-hybridized carbons (Fsp3) is 0.586. The third-order valence-electron chi connectivity index (χ3n) is 6.67. The van der Waals surface area contributed by atoms with Crippen LogP contribution in [0.2, 0.25) is 0 Å². The van der Waals surface area contributed by atoms with Gasteiger partial charge in [0.15, 0.2) is 6.35 Å². The molecule has 2 atom stereocenters. The van der Waals surface area contributed by atoms with Crippen LogP contribution >= 0.6 is 8.46 Å². The van der Waals surface area contributed by atoms with Crippen LogP contribution in [0.3, 0.4) is 0 Å². The molecule has 2 aromatic rings. The summed E-state index contributed by atoms with van der Waals surface area (Å²) in [7, 11) is -2.25. The highest BCUT2D eigenvalue weighted by atomic mass is 31.2. The van der Waals surface area contributed by atoms with E-state index in [1.807, 2.05) is 0 Å². The number of fused-ring (bicyclic) bond motifs is 2. The molecule has 0 saturated carbocycles. The van der Waals surface area contributed by atoms with Crippen LogP contribution in [-0.2, 0) is 22.7 Å². The maximum absolute atomic E-state index is 15.2. The van der Waals surface area contributed by atoms with Gasteiger partial charge in [-0.1, -0.05) is 100 Å². The first-order chi connectivity index (χ1) is 15.0. The van der Waals surface area contributed by atoms with Crippen LogP contribution in [-0.4, -0.2) is 6.35 Å². The summed E-state index contributed by atoms with van der Waals surface area (Å²) in [6.07, 6.45) is 0.785. The summed E-state index contributed by atoms with van der Waals surface area (Å²) < 4.78 is 27.5. The van der Waals surface area contributed by atoms with Crippen LogP contribution in [0.4, 0.5) is 4.20 Å². The van der Waals surface area contributed by atoms with Gasteiger partial charge in [0.25, 0.3) is 0 Å². The van der Waals surface area contributed by atoms with Crippen LogP contribution in [0.5, 0.6) is 11.5 Å². The van der Waals surface area contributed by atoms with Gasteiger partial charge in [0, 0.05) is 22.6 Å². The molecule has 0 fully saturated rings. The molecular weight excluding hydrogens is 430 g/mol. The fourth-order valence-corrected chi connectivity index (χ4v) is 5.07. The number of hydrogen-bond donors (Lipinski definition) is 0. The van der Waals surface area contributed by atoms with E-state index in [1.54, 1.807) is 0 Å². The molecule has 4 heteroatoms. The van der Waals surface area contributed by atoms with Crippen LogP contribution in [0.15, 0.2) is 24.3 Å². The summed E-state index contributed by atoms with van der Waals surface area (Å²) in [4.78, 5) is 0. The number of rotatable bonds is 1. The Labute approximate surface area is 202 Å². The molecule has 0 aromatic heterocycles. The van der Waals surface area contributed by atoms with Gasteiger partial charge >= 0.3 is 8.46 Å². The molecule has 1 heterocycles. The summed E-state index contributed by atoms with van der Waals surface area (Å²) in [6, 6.07) is 8.97. The predicted molar refractivity (Wildman–Crippen MR) is 140 cm³/mol. The first-order valence-corrected chi connectivity index (χ1v) is 13.5. The van der Waals surface area contributed by atoms with Gasteiger partial charge in [-0.25, -0.2) is 0 Å². The van der Waals surface area contributed by atoms with E-state index in [9.17, 15) is 0 Å². The number of hydrogen-bond acceptors (Lipinski definition) is 2. The average Bonchev–Trinajstić information content (AvgIpc) is 2.72. The molecule has 0 aliphatic carbocycles. The number of ether oxygens (including phenoxy) is 1. The summed E-state index contributed by atoms with van der Waals surface area (Å²) >= 11 is 0. The predicted octanol–water partition coefficient (Wildman–Crippen LogP) is 9.30. The molecule has 2 aromatic carbocycles. The van der Waals surface area contributed by atoms with Crippen LogP contribution in [0, 0.1) is 0 Å². The van der Waals surface area contributed by atoms with Gasteiger partial charge in [-0.2, -0.15) is 4.20 Å².